The summed E-state index contributed by atoms with van der Waals surface area (Å²) in [6, 6.07) is 16.0. The number of carbonyl (C=O) groups excluding carboxylic acids is 1. The van der Waals surface area contributed by atoms with E-state index in [1.165, 1.54) is 6.20 Å². The third-order valence-corrected chi connectivity index (χ3v) is 4.16. The van der Waals surface area contributed by atoms with Crippen LogP contribution in [0.1, 0.15) is 10.4 Å². The number of benzene rings is 2. The van der Waals surface area contributed by atoms with E-state index in [2.05, 4.69) is 15.6 Å². The number of ether oxygens (including phenoxy) is 2. The number of fused-ring (bicyclic) bond motifs is 1. The van der Waals surface area contributed by atoms with Gasteiger partial charge in [0.2, 0.25) is 0 Å². The zero-order chi connectivity index (χ0) is 18.6. The molecule has 0 aliphatic carbocycles. The Balaban J connectivity index is 1.43. The van der Waals surface area contributed by atoms with Crippen molar-refractivity contribution in [3.63, 3.8) is 0 Å². The molecule has 136 valence electrons. The predicted octanol–water partition coefficient (Wildman–Crippen LogP) is 4.50. The molecule has 7 heteroatoms. The molecule has 2 aromatic carbocycles. The van der Waals surface area contributed by atoms with Crippen LogP contribution < -0.4 is 20.1 Å². The molecule has 1 amide bonds. The summed E-state index contributed by atoms with van der Waals surface area (Å²) in [4.78, 5) is 16.6. The fraction of sp³-hybridized carbons (Fsp3) is 0.100. The summed E-state index contributed by atoms with van der Waals surface area (Å²) in [5.41, 5.74) is 1.90. The van der Waals surface area contributed by atoms with Gasteiger partial charge in [0.25, 0.3) is 5.91 Å². The zero-order valence-electron chi connectivity index (χ0n) is 14.2. The van der Waals surface area contributed by atoms with E-state index in [4.69, 9.17) is 21.1 Å². The van der Waals surface area contributed by atoms with E-state index >= 15 is 0 Å². The summed E-state index contributed by atoms with van der Waals surface area (Å²) in [5, 5.41) is 6.53. The molecule has 0 unspecified atom stereocenters. The molecule has 6 nitrogen and oxygen atoms in total. The molecule has 0 fully saturated rings. The topological polar surface area (TPSA) is 72.5 Å². The molecule has 0 atom stereocenters. The van der Waals surface area contributed by atoms with Gasteiger partial charge in [-0.25, -0.2) is 4.98 Å². The van der Waals surface area contributed by atoms with Crippen molar-refractivity contribution in [1.29, 1.82) is 0 Å². The smallest absolute Gasteiger partial charge is 0.257 e. The van der Waals surface area contributed by atoms with Gasteiger partial charge in [-0.2, -0.15) is 0 Å². The molecule has 0 saturated carbocycles. The van der Waals surface area contributed by atoms with Crippen molar-refractivity contribution in [1.82, 2.24) is 4.98 Å². The van der Waals surface area contributed by atoms with E-state index in [1.807, 2.05) is 18.2 Å². The monoisotopic (exact) mass is 381 g/mol. The maximum atomic E-state index is 12.3. The van der Waals surface area contributed by atoms with Crippen LogP contribution in [0.25, 0.3) is 0 Å². The first-order chi connectivity index (χ1) is 13.2. The summed E-state index contributed by atoms with van der Waals surface area (Å²) in [6.45, 7) is 1.09. The molecule has 0 saturated heterocycles. The van der Waals surface area contributed by atoms with E-state index in [-0.39, 0.29) is 5.91 Å². The number of aromatic nitrogens is 1. The predicted molar refractivity (Wildman–Crippen MR) is 104 cm³/mol. The fourth-order valence-electron chi connectivity index (χ4n) is 2.64. The van der Waals surface area contributed by atoms with Gasteiger partial charge in [-0.1, -0.05) is 17.7 Å². The third kappa shape index (κ3) is 4.12. The molecule has 27 heavy (non-hydrogen) atoms. The Morgan fingerprint density at radius 3 is 2.59 bits per heavy atom. The SMILES string of the molecule is O=C(Nc1cccc(Cl)c1)c1ccc(Nc2ccc3c(c2)OCCO3)nc1. The second kappa shape index (κ2) is 7.55. The van der Waals surface area contributed by atoms with Gasteiger partial charge in [0, 0.05) is 28.7 Å². The molecule has 1 aliphatic rings. The largest absolute Gasteiger partial charge is 0.486 e. The summed E-state index contributed by atoms with van der Waals surface area (Å²) in [6.07, 6.45) is 1.51. The van der Waals surface area contributed by atoms with Crippen LogP contribution in [0.5, 0.6) is 11.5 Å². The number of hydrogen-bond donors (Lipinski definition) is 2. The van der Waals surface area contributed by atoms with E-state index in [1.54, 1.807) is 36.4 Å². The van der Waals surface area contributed by atoms with E-state index in [0.717, 1.165) is 11.4 Å². The van der Waals surface area contributed by atoms with E-state index in [9.17, 15) is 4.79 Å². The Hall–Kier alpha value is -3.25. The van der Waals surface area contributed by atoms with Crippen LogP contribution >= 0.6 is 11.6 Å². The number of pyridine rings is 1. The molecule has 0 spiro atoms. The third-order valence-electron chi connectivity index (χ3n) is 3.92. The van der Waals surface area contributed by atoms with Gasteiger partial charge in [-0.05, 0) is 42.5 Å². The molecule has 1 aliphatic heterocycles. The number of rotatable bonds is 4. The highest BCUT2D eigenvalue weighted by molar-refractivity contribution is 6.30. The Morgan fingerprint density at radius 2 is 1.81 bits per heavy atom. The number of carbonyl (C=O) groups is 1. The minimum atomic E-state index is -0.254. The summed E-state index contributed by atoms with van der Waals surface area (Å²) < 4.78 is 11.1. The molecule has 3 aromatic rings. The van der Waals surface area contributed by atoms with Gasteiger partial charge in [0.15, 0.2) is 11.5 Å². The lowest BCUT2D eigenvalue weighted by Gasteiger charge is -2.19. The van der Waals surface area contributed by atoms with Gasteiger partial charge >= 0.3 is 0 Å². The lowest BCUT2D eigenvalue weighted by Crippen LogP contribution is -2.15. The maximum Gasteiger partial charge on any atom is 0.257 e. The van der Waals surface area contributed by atoms with Crippen LogP contribution in [-0.4, -0.2) is 24.1 Å². The number of amides is 1. The van der Waals surface area contributed by atoms with E-state index < -0.39 is 0 Å². The van der Waals surface area contributed by atoms with Crippen molar-refractivity contribution in [2.75, 3.05) is 23.8 Å². The van der Waals surface area contributed by atoms with Gasteiger partial charge in [0.05, 0.1) is 5.56 Å². The summed E-state index contributed by atoms with van der Waals surface area (Å²) >= 11 is 5.93. The van der Waals surface area contributed by atoms with E-state index in [0.29, 0.717) is 41.1 Å². The number of nitrogens with one attached hydrogen (secondary N) is 2. The molecule has 1 aromatic heterocycles. The Morgan fingerprint density at radius 1 is 0.963 bits per heavy atom. The highest BCUT2D eigenvalue weighted by Gasteiger charge is 2.12. The average Bonchev–Trinajstić information content (AvgIpc) is 2.68. The van der Waals surface area contributed by atoms with Crippen LogP contribution in [0.3, 0.4) is 0 Å². The molecule has 2 N–H and O–H groups in total. The van der Waals surface area contributed by atoms with Gasteiger partial charge in [0.1, 0.15) is 19.0 Å². The Labute approximate surface area is 161 Å². The highest BCUT2D eigenvalue weighted by Crippen LogP contribution is 2.33. The first kappa shape index (κ1) is 17.2. The number of anilines is 3. The molecule has 0 bridgehead atoms. The van der Waals surface area contributed by atoms with Crippen LogP contribution in [0.4, 0.5) is 17.2 Å². The van der Waals surface area contributed by atoms with Gasteiger partial charge in [-0.15, -0.1) is 0 Å². The average molecular weight is 382 g/mol. The molecule has 0 radical (unpaired) electrons. The maximum absolute atomic E-state index is 12.3. The lowest BCUT2D eigenvalue weighted by atomic mass is 10.2. The van der Waals surface area contributed by atoms with Crippen molar-refractivity contribution >= 4 is 34.7 Å². The number of nitrogens with zero attached hydrogens (tertiary/aromatic N) is 1. The molecular formula is C20H16ClN3O3. The van der Waals surface area contributed by atoms with Crippen LogP contribution in [0.15, 0.2) is 60.8 Å². The van der Waals surface area contributed by atoms with Crippen molar-refractivity contribution in [3.8, 4) is 11.5 Å². The van der Waals surface area contributed by atoms with Crippen molar-refractivity contribution < 1.29 is 14.3 Å². The van der Waals surface area contributed by atoms with Gasteiger partial charge in [-0.3, -0.25) is 4.79 Å². The first-order valence-electron chi connectivity index (χ1n) is 8.37. The molecule has 2 heterocycles. The molecule has 4 rings (SSSR count). The van der Waals surface area contributed by atoms with Crippen LogP contribution in [0.2, 0.25) is 5.02 Å². The number of hydrogen-bond acceptors (Lipinski definition) is 5. The Bertz CT molecular complexity index is 976. The summed E-state index contributed by atoms with van der Waals surface area (Å²) in [5.74, 6) is 1.79. The van der Waals surface area contributed by atoms with Crippen molar-refractivity contribution in [3.05, 3.63) is 71.4 Å². The minimum Gasteiger partial charge on any atom is -0.486 e. The second-order valence-corrected chi connectivity index (χ2v) is 6.32. The quantitative estimate of drug-likeness (QED) is 0.696. The summed E-state index contributed by atoms with van der Waals surface area (Å²) in [7, 11) is 0. The standard InChI is InChI=1S/C20H16ClN3O3/c21-14-2-1-3-15(10-14)24-20(25)13-4-7-19(22-12-13)23-16-5-6-17-18(11-16)27-9-8-26-17/h1-7,10-12H,8-9H2,(H,22,23)(H,24,25). The van der Waals surface area contributed by atoms with Gasteiger partial charge < -0.3 is 20.1 Å². The Kier molecular flexibility index (Phi) is 4.80. The second-order valence-electron chi connectivity index (χ2n) is 5.88. The first-order valence-corrected chi connectivity index (χ1v) is 8.75. The van der Waals surface area contributed by atoms with Crippen molar-refractivity contribution in [2.45, 2.75) is 0 Å². The highest BCUT2D eigenvalue weighted by atomic mass is 35.5. The van der Waals surface area contributed by atoms with Crippen molar-refractivity contribution in [2.24, 2.45) is 0 Å². The minimum absolute atomic E-state index is 0.254. The van der Waals surface area contributed by atoms with Crippen LogP contribution in [-0.2, 0) is 0 Å². The fourth-order valence-corrected chi connectivity index (χ4v) is 2.83. The zero-order valence-corrected chi connectivity index (χ0v) is 15.0. The van der Waals surface area contributed by atoms with Crippen LogP contribution in [0, 0.1) is 0 Å². The lowest BCUT2D eigenvalue weighted by molar-refractivity contribution is 0.102. The number of halogens is 1. The normalized spacial score (nSPS) is 12.3. The molecular weight excluding hydrogens is 366 g/mol.